The minimum atomic E-state index is -0.429. The zero-order valence-corrected chi connectivity index (χ0v) is 17.1. The number of aromatic nitrogens is 1. The molecule has 0 unspecified atom stereocenters. The Hall–Kier alpha value is -2.92. The highest BCUT2D eigenvalue weighted by molar-refractivity contribution is 6.30. The van der Waals surface area contributed by atoms with E-state index in [9.17, 15) is 9.59 Å². The highest BCUT2D eigenvalue weighted by atomic mass is 35.5. The van der Waals surface area contributed by atoms with E-state index in [0.29, 0.717) is 28.4 Å². The zero-order chi connectivity index (χ0) is 20.5. The molecule has 1 aromatic carbocycles. The maximum Gasteiger partial charge on any atom is 0.255 e. The predicted molar refractivity (Wildman–Crippen MR) is 114 cm³/mol. The second-order valence-electron chi connectivity index (χ2n) is 7.49. The van der Waals surface area contributed by atoms with Crippen molar-refractivity contribution < 1.29 is 9.59 Å². The first-order valence-electron chi connectivity index (χ1n) is 9.67. The van der Waals surface area contributed by atoms with Gasteiger partial charge in [-0.05, 0) is 56.0 Å². The van der Waals surface area contributed by atoms with Crippen LogP contribution >= 0.6 is 11.6 Å². The van der Waals surface area contributed by atoms with Crippen molar-refractivity contribution in [1.29, 1.82) is 0 Å². The number of carbonyl (C=O) groups excluding carboxylic acids is 2. The van der Waals surface area contributed by atoms with Crippen LogP contribution in [0.3, 0.4) is 0 Å². The second-order valence-corrected chi connectivity index (χ2v) is 7.93. The number of pyridine rings is 1. The smallest absolute Gasteiger partial charge is 0.255 e. The van der Waals surface area contributed by atoms with Crippen LogP contribution in [-0.2, 0) is 9.59 Å². The molecule has 0 saturated heterocycles. The molecule has 0 fully saturated rings. The van der Waals surface area contributed by atoms with Crippen LogP contribution in [0.2, 0.25) is 5.02 Å². The van der Waals surface area contributed by atoms with Gasteiger partial charge < -0.3 is 10.6 Å². The first-order valence-corrected chi connectivity index (χ1v) is 10.1. The molecule has 148 valence electrons. The molecule has 0 saturated carbocycles. The molecule has 2 heterocycles. The zero-order valence-electron chi connectivity index (χ0n) is 16.4. The molecule has 4 rings (SSSR count). The lowest BCUT2D eigenvalue weighted by Crippen LogP contribution is -2.35. The summed E-state index contributed by atoms with van der Waals surface area (Å²) in [5, 5.41) is 6.81. The Kier molecular flexibility index (Phi) is 5.24. The van der Waals surface area contributed by atoms with Gasteiger partial charge in [0.05, 0.1) is 0 Å². The number of halogens is 1. The lowest BCUT2D eigenvalue weighted by atomic mass is 9.75. The number of ketones is 1. The van der Waals surface area contributed by atoms with Gasteiger partial charge in [-0.25, -0.2) is 4.98 Å². The molecule has 1 amide bonds. The minimum Gasteiger partial charge on any atom is -0.362 e. The Morgan fingerprint density at radius 2 is 1.90 bits per heavy atom. The highest BCUT2D eigenvalue weighted by Crippen LogP contribution is 2.42. The van der Waals surface area contributed by atoms with E-state index in [0.717, 1.165) is 35.4 Å². The van der Waals surface area contributed by atoms with Crippen LogP contribution in [0.5, 0.6) is 0 Å². The Balaban J connectivity index is 1.77. The van der Waals surface area contributed by atoms with Crippen molar-refractivity contribution in [1.82, 2.24) is 10.3 Å². The van der Waals surface area contributed by atoms with Crippen molar-refractivity contribution in [2.24, 2.45) is 0 Å². The predicted octanol–water partition coefficient (Wildman–Crippen LogP) is 4.65. The van der Waals surface area contributed by atoms with Crippen molar-refractivity contribution >= 4 is 29.1 Å². The lowest BCUT2D eigenvalue weighted by molar-refractivity contribution is -0.116. The maximum atomic E-state index is 13.3. The van der Waals surface area contributed by atoms with Crippen LogP contribution in [0, 0.1) is 6.92 Å². The van der Waals surface area contributed by atoms with Crippen molar-refractivity contribution in [2.45, 2.75) is 39.0 Å². The fourth-order valence-corrected chi connectivity index (χ4v) is 4.12. The van der Waals surface area contributed by atoms with Gasteiger partial charge in [0, 0.05) is 46.1 Å². The fourth-order valence-electron chi connectivity index (χ4n) is 4.00. The molecule has 1 aromatic heterocycles. The van der Waals surface area contributed by atoms with Gasteiger partial charge in [0.2, 0.25) is 0 Å². The summed E-state index contributed by atoms with van der Waals surface area (Å²) >= 11 is 6.07. The quantitative estimate of drug-likeness (QED) is 0.776. The summed E-state index contributed by atoms with van der Waals surface area (Å²) < 4.78 is 0. The van der Waals surface area contributed by atoms with Crippen molar-refractivity contribution in [3.05, 3.63) is 81.3 Å². The van der Waals surface area contributed by atoms with Crippen molar-refractivity contribution in [3.63, 3.8) is 0 Å². The van der Waals surface area contributed by atoms with Crippen LogP contribution in [0.15, 0.2) is 65.1 Å². The molecule has 2 aromatic rings. The molecule has 0 bridgehead atoms. The number of hydrogen-bond donors (Lipinski definition) is 2. The third-order valence-corrected chi connectivity index (χ3v) is 5.63. The number of carbonyl (C=O) groups is 2. The largest absolute Gasteiger partial charge is 0.362 e. The maximum absolute atomic E-state index is 13.3. The van der Waals surface area contributed by atoms with Crippen molar-refractivity contribution in [3.8, 4) is 0 Å². The van der Waals surface area contributed by atoms with Crippen LogP contribution < -0.4 is 10.6 Å². The van der Waals surface area contributed by atoms with E-state index in [2.05, 4.69) is 15.6 Å². The number of aryl methyl sites for hydroxylation is 1. The van der Waals surface area contributed by atoms with Crippen LogP contribution in [0.1, 0.15) is 43.2 Å². The molecule has 2 N–H and O–H groups in total. The van der Waals surface area contributed by atoms with E-state index in [-0.39, 0.29) is 11.7 Å². The summed E-state index contributed by atoms with van der Waals surface area (Å²) in [4.78, 5) is 30.4. The topological polar surface area (TPSA) is 71.1 Å². The minimum absolute atomic E-state index is 0.0879. The molecule has 2 aliphatic rings. The number of allylic oxidation sites excluding steroid dienone is 3. The number of nitrogens with zero attached hydrogens (tertiary/aromatic N) is 1. The van der Waals surface area contributed by atoms with Gasteiger partial charge in [-0.3, -0.25) is 9.59 Å². The Labute approximate surface area is 174 Å². The summed E-state index contributed by atoms with van der Waals surface area (Å²) in [6, 6.07) is 11.0. The number of rotatable bonds is 3. The lowest BCUT2D eigenvalue weighted by Gasteiger charge is -2.34. The summed E-state index contributed by atoms with van der Waals surface area (Å²) in [6.07, 6.45) is 3.83. The van der Waals surface area contributed by atoms with E-state index in [1.807, 2.05) is 32.0 Å². The number of dihydropyridines is 1. The van der Waals surface area contributed by atoms with E-state index in [1.54, 1.807) is 24.4 Å². The molecule has 5 nitrogen and oxygen atoms in total. The summed E-state index contributed by atoms with van der Waals surface area (Å²) in [7, 11) is 0. The normalized spacial score (nSPS) is 19.0. The van der Waals surface area contributed by atoms with E-state index >= 15 is 0 Å². The van der Waals surface area contributed by atoms with Gasteiger partial charge >= 0.3 is 0 Å². The monoisotopic (exact) mass is 407 g/mol. The van der Waals surface area contributed by atoms with Gasteiger partial charge in [0.1, 0.15) is 5.82 Å². The average Bonchev–Trinajstić information content (AvgIpc) is 2.69. The molecule has 1 aliphatic heterocycles. The second kappa shape index (κ2) is 7.84. The molecule has 0 radical (unpaired) electrons. The molecule has 0 spiro atoms. The number of hydrogen-bond acceptors (Lipinski definition) is 4. The highest BCUT2D eigenvalue weighted by Gasteiger charge is 2.38. The Morgan fingerprint density at radius 3 is 2.59 bits per heavy atom. The van der Waals surface area contributed by atoms with Crippen LogP contribution in [0.25, 0.3) is 0 Å². The molecule has 1 atom stereocenters. The van der Waals surface area contributed by atoms with Crippen molar-refractivity contribution in [2.75, 3.05) is 5.32 Å². The van der Waals surface area contributed by atoms with Gasteiger partial charge in [-0.15, -0.1) is 0 Å². The number of amides is 1. The number of anilines is 1. The third-order valence-electron chi connectivity index (χ3n) is 5.38. The first-order chi connectivity index (χ1) is 13.9. The van der Waals surface area contributed by atoms with E-state index in [4.69, 9.17) is 11.6 Å². The van der Waals surface area contributed by atoms with Gasteiger partial charge in [0.15, 0.2) is 5.78 Å². The first kappa shape index (κ1) is 19.4. The van der Waals surface area contributed by atoms with E-state index < -0.39 is 5.92 Å². The van der Waals surface area contributed by atoms with Crippen LogP contribution in [-0.4, -0.2) is 16.7 Å². The van der Waals surface area contributed by atoms with E-state index in [1.165, 1.54) is 0 Å². The number of benzene rings is 1. The Bertz CT molecular complexity index is 1040. The SMILES string of the molecule is CC1=C(C(=O)Nc2ccc(C)cn2)[C@@H](c2ccc(Cl)cc2)C2=C(CCCC2=O)N1. The summed E-state index contributed by atoms with van der Waals surface area (Å²) in [6.45, 7) is 3.82. The molecular weight excluding hydrogens is 386 g/mol. The summed E-state index contributed by atoms with van der Waals surface area (Å²) in [5.41, 5.74) is 4.78. The summed E-state index contributed by atoms with van der Waals surface area (Å²) in [5.74, 6) is -0.131. The number of nitrogens with one attached hydrogen (secondary N) is 2. The molecule has 29 heavy (non-hydrogen) atoms. The number of Topliss-reactive ketones (excluding diaryl/α,β-unsaturated/α-hetero) is 1. The van der Waals surface area contributed by atoms with Gasteiger partial charge in [0.25, 0.3) is 5.91 Å². The molecule has 6 heteroatoms. The standard InChI is InChI=1S/C23H22ClN3O2/c1-13-6-11-19(25-12-13)27-23(29)20-14(2)26-17-4-3-5-18(28)22(17)21(20)15-7-9-16(24)10-8-15/h6-12,21,26H,3-5H2,1-2H3,(H,25,27,29)/t21-/m1/s1. The Morgan fingerprint density at radius 1 is 1.14 bits per heavy atom. The molecule has 1 aliphatic carbocycles. The van der Waals surface area contributed by atoms with Gasteiger partial charge in [-0.1, -0.05) is 29.8 Å². The van der Waals surface area contributed by atoms with Crippen LogP contribution in [0.4, 0.5) is 5.82 Å². The molecular formula is C23H22ClN3O2. The average molecular weight is 408 g/mol. The third kappa shape index (κ3) is 3.83. The van der Waals surface area contributed by atoms with Gasteiger partial charge in [-0.2, -0.15) is 0 Å². The fraction of sp³-hybridized carbons (Fsp3) is 0.261.